The van der Waals surface area contributed by atoms with Crippen molar-refractivity contribution in [2.75, 3.05) is 7.11 Å². The number of methoxy groups -OCH3 is 1. The molecule has 0 saturated carbocycles. The molecule has 1 aromatic rings. The molecule has 0 saturated heterocycles. The zero-order chi connectivity index (χ0) is 12.5. The summed E-state index contributed by atoms with van der Waals surface area (Å²) in [7, 11) is 1.97. The van der Waals surface area contributed by atoms with E-state index in [0.717, 1.165) is 13.2 Å². The van der Waals surface area contributed by atoms with Gasteiger partial charge in [0.2, 0.25) is 0 Å². The van der Waals surface area contributed by atoms with Crippen LogP contribution in [0.3, 0.4) is 0 Å². The monoisotopic (exact) mass is 335 g/mol. The van der Waals surface area contributed by atoms with E-state index in [1.54, 1.807) is 0 Å². The number of rotatable bonds is 3. The molecule has 0 radical (unpaired) electrons. The van der Waals surface area contributed by atoms with Crippen LogP contribution in [0.5, 0.6) is 5.75 Å². The fourth-order valence-electron chi connectivity index (χ4n) is 1.03. The number of pyridine rings is 1. The Kier molecular flexibility index (Phi) is 4.08. The third kappa shape index (κ3) is 2.80. The smallest absolute Gasteiger partial charge is 0.284 e. The van der Waals surface area contributed by atoms with Gasteiger partial charge in [-0.3, -0.25) is 0 Å². The second-order valence-electron chi connectivity index (χ2n) is 2.60. The van der Waals surface area contributed by atoms with Gasteiger partial charge in [0.15, 0.2) is 11.4 Å². The number of hydrogen-bond donors (Lipinski definition) is 0. The Bertz CT molecular complexity index is 509. The lowest BCUT2D eigenvalue weighted by molar-refractivity contribution is 0.140. The maximum atomic E-state index is 12.6. The van der Waals surface area contributed by atoms with Crippen LogP contribution >= 0.6 is 26.6 Å². The first-order chi connectivity index (χ1) is 7.27. The van der Waals surface area contributed by atoms with Crippen LogP contribution in [0.25, 0.3) is 0 Å². The number of aromatic nitrogens is 1. The van der Waals surface area contributed by atoms with Crippen molar-refractivity contribution in [3.8, 4) is 5.75 Å². The minimum atomic E-state index is -4.18. The average molecular weight is 337 g/mol. The van der Waals surface area contributed by atoms with E-state index in [4.69, 9.17) is 10.7 Å². The molecule has 1 aromatic heterocycles. The highest BCUT2D eigenvalue weighted by Crippen LogP contribution is 2.36. The summed E-state index contributed by atoms with van der Waals surface area (Å²) in [6, 6.07) is 0.993. The first-order valence-corrected chi connectivity index (χ1v) is 6.85. The molecule has 90 valence electrons. The quantitative estimate of drug-likeness (QED) is 0.629. The van der Waals surface area contributed by atoms with Crippen molar-refractivity contribution in [2.24, 2.45) is 0 Å². The van der Waals surface area contributed by atoms with Crippen molar-refractivity contribution in [1.29, 1.82) is 0 Å². The summed E-state index contributed by atoms with van der Waals surface area (Å²) in [6.07, 6.45) is -2.97. The lowest BCUT2D eigenvalue weighted by atomic mass is 10.3. The number of ether oxygens (including phenoxy) is 1. The molecule has 4 nitrogen and oxygen atoms in total. The van der Waals surface area contributed by atoms with Crippen LogP contribution in [0.1, 0.15) is 12.1 Å². The fraction of sp³-hybridized carbons (Fsp3) is 0.286. The van der Waals surface area contributed by atoms with Crippen LogP contribution in [0.15, 0.2) is 15.6 Å². The van der Waals surface area contributed by atoms with Gasteiger partial charge in [-0.25, -0.2) is 22.2 Å². The third-order valence-electron chi connectivity index (χ3n) is 1.61. The molecule has 0 aromatic carbocycles. The highest BCUT2D eigenvalue weighted by atomic mass is 79.9. The topological polar surface area (TPSA) is 56.3 Å². The SMILES string of the molecule is COc1c(S(=O)(=O)Cl)cc(Br)nc1C(F)F. The first-order valence-electron chi connectivity index (χ1n) is 3.74. The van der Waals surface area contributed by atoms with Crippen LogP contribution in [0, 0.1) is 0 Å². The van der Waals surface area contributed by atoms with Crippen LogP contribution in [0.2, 0.25) is 0 Å². The average Bonchev–Trinajstić information content (AvgIpc) is 2.14. The molecular formula is C7H5BrClF2NO3S. The molecule has 0 aliphatic rings. The first kappa shape index (κ1) is 13.6. The largest absolute Gasteiger partial charge is 0.493 e. The molecule has 0 aliphatic carbocycles. The van der Waals surface area contributed by atoms with Gasteiger partial charge in [0.05, 0.1) is 7.11 Å². The van der Waals surface area contributed by atoms with E-state index in [0.29, 0.717) is 0 Å². The molecule has 0 amide bonds. The summed E-state index contributed by atoms with van der Waals surface area (Å²) in [6.45, 7) is 0. The highest BCUT2D eigenvalue weighted by molar-refractivity contribution is 9.10. The van der Waals surface area contributed by atoms with Crippen molar-refractivity contribution >= 4 is 35.7 Å². The van der Waals surface area contributed by atoms with Crippen molar-refractivity contribution in [1.82, 2.24) is 4.98 Å². The van der Waals surface area contributed by atoms with Crippen molar-refractivity contribution in [2.45, 2.75) is 11.3 Å². The standard InChI is InChI=1S/C7H5BrClF2NO3S/c1-15-6-3(16(9,13)14)2-4(8)12-5(6)7(10)11/h2,7H,1H3. The normalized spacial score (nSPS) is 11.9. The summed E-state index contributed by atoms with van der Waals surface area (Å²) in [5.74, 6) is -0.548. The molecule has 0 atom stereocenters. The molecule has 0 aliphatic heterocycles. The van der Waals surface area contributed by atoms with Crippen LogP contribution in [0.4, 0.5) is 8.78 Å². The van der Waals surface area contributed by atoms with E-state index in [2.05, 4.69) is 25.7 Å². The Morgan fingerprint density at radius 3 is 2.50 bits per heavy atom. The molecule has 16 heavy (non-hydrogen) atoms. The summed E-state index contributed by atoms with van der Waals surface area (Å²) in [5.41, 5.74) is -0.781. The van der Waals surface area contributed by atoms with Gasteiger partial charge >= 0.3 is 0 Å². The van der Waals surface area contributed by atoms with Crippen molar-refractivity contribution < 1.29 is 21.9 Å². The van der Waals surface area contributed by atoms with Gasteiger partial charge in [-0.05, 0) is 22.0 Å². The molecule has 0 fully saturated rings. The van der Waals surface area contributed by atoms with Crippen LogP contribution in [-0.2, 0) is 9.05 Å². The third-order valence-corrected chi connectivity index (χ3v) is 3.34. The van der Waals surface area contributed by atoms with Gasteiger partial charge in [0, 0.05) is 10.7 Å². The minimum absolute atomic E-state index is 0.0668. The maximum Gasteiger partial charge on any atom is 0.284 e. The lowest BCUT2D eigenvalue weighted by Crippen LogP contribution is -2.03. The molecule has 0 bridgehead atoms. The molecule has 0 unspecified atom stereocenters. The Morgan fingerprint density at radius 1 is 1.56 bits per heavy atom. The second kappa shape index (κ2) is 4.80. The highest BCUT2D eigenvalue weighted by Gasteiger charge is 2.26. The van der Waals surface area contributed by atoms with Gasteiger partial charge in [0.1, 0.15) is 9.50 Å². The molecule has 0 spiro atoms. The zero-order valence-corrected chi connectivity index (χ0v) is 10.9. The van der Waals surface area contributed by atoms with Crippen LogP contribution < -0.4 is 4.74 Å². The minimum Gasteiger partial charge on any atom is -0.493 e. The summed E-state index contributed by atoms with van der Waals surface area (Å²) in [4.78, 5) is 2.89. The maximum absolute atomic E-state index is 12.6. The predicted octanol–water partition coefficient (Wildman–Crippen LogP) is 2.72. The van der Waals surface area contributed by atoms with E-state index in [9.17, 15) is 17.2 Å². The number of nitrogens with zero attached hydrogens (tertiary/aromatic N) is 1. The van der Waals surface area contributed by atoms with E-state index in [-0.39, 0.29) is 4.60 Å². The van der Waals surface area contributed by atoms with Gasteiger partial charge in [-0.15, -0.1) is 0 Å². The predicted molar refractivity (Wildman–Crippen MR) is 56.5 cm³/mol. The summed E-state index contributed by atoms with van der Waals surface area (Å²) >= 11 is 2.81. The summed E-state index contributed by atoms with van der Waals surface area (Å²) < 4.78 is 51.9. The van der Waals surface area contributed by atoms with E-state index >= 15 is 0 Å². The Balaban J connectivity index is 3.62. The van der Waals surface area contributed by atoms with Gasteiger partial charge in [-0.1, -0.05) is 0 Å². The number of halogens is 4. The van der Waals surface area contributed by atoms with Gasteiger partial charge in [-0.2, -0.15) is 0 Å². The molecule has 9 heteroatoms. The lowest BCUT2D eigenvalue weighted by Gasteiger charge is -2.10. The number of hydrogen-bond acceptors (Lipinski definition) is 4. The number of alkyl halides is 2. The van der Waals surface area contributed by atoms with Crippen molar-refractivity contribution in [3.05, 3.63) is 16.4 Å². The zero-order valence-electron chi connectivity index (χ0n) is 7.75. The van der Waals surface area contributed by atoms with E-state index < -0.39 is 31.8 Å². The second-order valence-corrected chi connectivity index (χ2v) is 5.95. The van der Waals surface area contributed by atoms with Gasteiger partial charge in [0.25, 0.3) is 15.5 Å². The molecule has 0 N–H and O–H groups in total. The Labute approximate surface area is 103 Å². The van der Waals surface area contributed by atoms with E-state index in [1.165, 1.54) is 0 Å². The Morgan fingerprint density at radius 2 is 2.12 bits per heavy atom. The molecular weight excluding hydrogens is 332 g/mol. The Hall–Kier alpha value is -0.470. The van der Waals surface area contributed by atoms with Crippen molar-refractivity contribution in [3.63, 3.8) is 0 Å². The van der Waals surface area contributed by atoms with Gasteiger partial charge < -0.3 is 4.74 Å². The van der Waals surface area contributed by atoms with E-state index in [1.807, 2.05) is 0 Å². The molecule has 1 rings (SSSR count). The summed E-state index contributed by atoms with van der Waals surface area (Å²) in [5, 5.41) is 0. The van der Waals surface area contributed by atoms with Crippen LogP contribution in [-0.4, -0.2) is 20.5 Å². The fourth-order valence-corrected chi connectivity index (χ4v) is 2.61. The molecule has 1 heterocycles.